The maximum Gasteiger partial charge on any atom is 0.251 e. The number of aromatic nitrogens is 2. The van der Waals surface area contributed by atoms with E-state index < -0.39 is 0 Å². The van der Waals surface area contributed by atoms with Gasteiger partial charge in [0.2, 0.25) is 5.95 Å². The summed E-state index contributed by atoms with van der Waals surface area (Å²) >= 11 is 0. The summed E-state index contributed by atoms with van der Waals surface area (Å²) in [6.45, 7) is 1.65. The van der Waals surface area contributed by atoms with Crippen LogP contribution in [0.25, 0.3) is 11.3 Å². The van der Waals surface area contributed by atoms with Gasteiger partial charge in [0.05, 0.1) is 5.69 Å². The lowest BCUT2D eigenvalue weighted by Gasteiger charge is -2.13. The number of hydrogen-bond donors (Lipinski definition) is 2. The van der Waals surface area contributed by atoms with Gasteiger partial charge in [0.25, 0.3) is 5.91 Å². The molecule has 0 radical (unpaired) electrons. The zero-order chi connectivity index (χ0) is 25.3. The van der Waals surface area contributed by atoms with E-state index in [-0.39, 0.29) is 11.7 Å². The molecule has 1 heterocycles. The van der Waals surface area contributed by atoms with Crippen LogP contribution in [0.15, 0.2) is 85.1 Å². The molecule has 0 fully saturated rings. The number of halogens is 1. The molecule has 0 aliphatic carbocycles. The average molecular weight is 486 g/mol. The van der Waals surface area contributed by atoms with Crippen LogP contribution in [0.3, 0.4) is 0 Å². The summed E-state index contributed by atoms with van der Waals surface area (Å²) in [5.41, 5.74) is 3.53. The average Bonchev–Trinajstić information content (AvgIpc) is 2.88. The van der Waals surface area contributed by atoms with Gasteiger partial charge in [0.1, 0.15) is 18.2 Å². The predicted octanol–water partition coefficient (Wildman–Crippen LogP) is 4.90. The van der Waals surface area contributed by atoms with Gasteiger partial charge >= 0.3 is 0 Å². The normalized spacial score (nSPS) is 10.8. The van der Waals surface area contributed by atoms with E-state index in [2.05, 4.69) is 20.6 Å². The summed E-state index contributed by atoms with van der Waals surface area (Å²) in [5, 5.41) is 6.04. The Balaban J connectivity index is 1.46. The van der Waals surface area contributed by atoms with Crippen molar-refractivity contribution in [2.45, 2.75) is 6.61 Å². The molecule has 4 aromatic rings. The summed E-state index contributed by atoms with van der Waals surface area (Å²) in [5.74, 6) is 0.253. The minimum absolute atomic E-state index is 0.124. The highest BCUT2D eigenvalue weighted by Crippen LogP contribution is 2.31. The molecule has 7 nitrogen and oxygen atoms in total. The smallest absolute Gasteiger partial charge is 0.251 e. The van der Waals surface area contributed by atoms with Crippen molar-refractivity contribution in [1.29, 1.82) is 0 Å². The molecule has 0 spiro atoms. The van der Waals surface area contributed by atoms with E-state index in [1.165, 1.54) is 12.1 Å². The van der Waals surface area contributed by atoms with Crippen molar-refractivity contribution in [2.24, 2.45) is 0 Å². The maximum atomic E-state index is 14.0. The lowest BCUT2D eigenvalue weighted by molar-refractivity contribution is 0.0951. The number of rotatable bonds is 10. The highest BCUT2D eigenvalue weighted by molar-refractivity contribution is 5.94. The molecule has 2 N–H and O–H groups in total. The molecule has 0 saturated carbocycles. The third-order valence-electron chi connectivity index (χ3n) is 5.36. The number of hydrogen-bond acceptors (Lipinski definition) is 6. The number of carbonyl (C=O) groups excluding carboxylic acids is 1. The van der Waals surface area contributed by atoms with Gasteiger partial charge in [-0.2, -0.15) is 0 Å². The van der Waals surface area contributed by atoms with Crippen LogP contribution >= 0.6 is 0 Å². The Morgan fingerprint density at radius 3 is 2.53 bits per heavy atom. The van der Waals surface area contributed by atoms with Gasteiger partial charge in [0.15, 0.2) is 0 Å². The molecule has 0 aliphatic rings. The molecule has 0 unspecified atom stereocenters. The molecule has 1 aromatic heterocycles. The Morgan fingerprint density at radius 2 is 1.78 bits per heavy atom. The van der Waals surface area contributed by atoms with Gasteiger partial charge in [-0.15, -0.1) is 0 Å². The first-order chi connectivity index (χ1) is 17.5. The first-order valence-corrected chi connectivity index (χ1v) is 11.6. The number of likely N-dealkylation sites (N-methyl/N-ethyl adjacent to an activating group) is 1. The van der Waals surface area contributed by atoms with Gasteiger partial charge in [-0.05, 0) is 62.1 Å². The zero-order valence-electron chi connectivity index (χ0n) is 20.2. The van der Waals surface area contributed by atoms with E-state index in [0.717, 1.165) is 17.8 Å². The Hall–Kier alpha value is -4.30. The van der Waals surface area contributed by atoms with Crippen molar-refractivity contribution in [3.63, 3.8) is 0 Å². The number of nitrogens with zero attached hydrogens (tertiary/aromatic N) is 3. The first kappa shape index (κ1) is 24.8. The van der Waals surface area contributed by atoms with Crippen LogP contribution in [0.1, 0.15) is 15.9 Å². The number of ether oxygens (including phenoxy) is 1. The van der Waals surface area contributed by atoms with Gasteiger partial charge in [0, 0.05) is 42.2 Å². The number of carbonyl (C=O) groups is 1. The highest BCUT2D eigenvalue weighted by atomic mass is 19.1. The summed E-state index contributed by atoms with van der Waals surface area (Å²) in [7, 11) is 3.91. The monoisotopic (exact) mass is 485 g/mol. The number of amides is 1. The largest absolute Gasteiger partial charge is 0.488 e. The molecule has 4 rings (SSSR count). The molecule has 36 heavy (non-hydrogen) atoms. The fourth-order valence-electron chi connectivity index (χ4n) is 3.46. The Bertz CT molecular complexity index is 1300. The second kappa shape index (κ2) is 11.9. The third kappa shape index (κ3) is 6.86. The van der Waals surface area contributed by atoms with Gasteiger partial charge < -0.3 is 20.3 Å². The van der Waals surface area contributed by atoms with Crippen molar-refractivity contribution in [2.75, 3.05) is 32.5 Å². The van der Waals surface area contributed by atoms with E-state index in [0.29, 0.717) is 41.7 Å². The Labute approximate surface area is 210 Å². The van der Waals surface area contributed by atoms with Crippen molar-refractivity contribution in [3.8, 4) is 17.0 Å². The van der Waals surface area contributed by atoms with Crippen molar-refractivity contribution >= 4 is 17.5 Å². The number of nitrogens with one attached hydrogen (secondary N) is 2. The fraction of sp³-hybridized carbons (Fsp3) is 0.179. The zero-order valence-corrected chi connectivity index (χ0v) is 20.2. The van der Waals surface area contributed by atoms with Crippen molar-refractivity contribution in [3.05, 3.63) is 102 Å². The van der Waals surface area contributed by atoms with Crippen LogP contribution in [-0.4, -0.2) is 48.0 Å². The molecule has 0 bridgehead atoms. The lowest BCUT2D eigenvalue weighted by atomic mass is 10.1. The molecule has 8 heteroatoms. The second-order valence-corrected chi connectivity index (χ2v) is 8.44. The van der Waals surface area contributed by atoms with Gasteiger partial charge in [-0.25, -0.2) is 14.4 Å². The summed E-state index contributed by atoms with van der Waals surface area (Å²) in [4.78, 5) is 23.2. The molecule has 0 saturated heterocycles. The SMILES string of the molecule is CN(C)CCNC(=O)c1ccc(Nc2nccc(-c3ccc(F)cc3OCc3ccccc3)n2)cc1. The summed E-state index contributed by atoms with van der Waals surface area (Å²) in [6, 6.07) is 22.9. The van der Waals surface area contributed by atoms with Crippen LogP contribution in [-0.2, 0) is 6.61 Å². The van der Waals surface area contributed by atoms with E-state index in [4.69, 9.17) is 4.74 Å². The van der Waals surface area contributed by atoms with Crippen LogP contribution in [0.2, 0.25) is 0 Å². The van der Waals surface area contributed by atoms with Crippen molar-refractivity contribution < 1.29 is 13.9 Å². The van der Waals surface area contributed by atoms with E-state index in [1.54, 1.807) is 42.6 Å². The molecular weight excluding hydrogens is 457 g/mol. The van der Waals surface area contributed by atoms with Crippen LogP contribution in [0.5, 0.6) is 5.75 Å². The third-order valence-corrected chi connectivity index (χ3v) is 5.36. The van der Waals surface area contributed by atoms with E-state index in [1.807, 2.05) is 49.3 Å². The first-order valence-electron chi connectivity index (χ1n) is 11.6. The van der Waals surface area contributed by atoms with Crippen molar-refractivity contribution in [1.82, 2.24) is 20.2 Å². The van der Waals surface area contributed by atoms with E-state index >= 15 is 0 Å². The maximum absolute atomic E-state index is 14.0. The quantitative estimate of drug-likeness (QED) is 0.333. The topological polar surface area (TPSA) is 79.4 Å². The molecule has 1 amide bonds. The number of anilines is 2. The van der Waals surface area contributed by atoms with Gasteiger partial charge in [-0.1, -0.05) is 30.3 Å². The highest BCUT2D eigenvalue weighted by Gasteiger charge is 2.12. The number of benzene rings is 3. The predicted molar refractivity (Wildman–Crippen MR) is 139 cm³/mol. The van der Waals surface area contributed by atoms with Gasteiger partial charge in [-0.3, -0.25) is 4.79 Å². The standard InChI is InChI=1S/C28H28FN5O2/c1-34(2)17-16-30-27(35)21-8-11-23(12-9-21)32-28-31-15-14-25(33-28)24-13-10-22(29)18-26(24)36-19-20-6-4-3-5-7-20/h3-15,18H,16-17,19H2,1-2H3,(H,30,35)(H,31,32,33). The lowest BCUT2D eigenvalue weighted by Crippen LogP contribution is -2.31. The second-order valence-electron chi connectivity index (χ2n) is 8.44. The fourth-order valence-corrected chi connectivity index (χ4v) is 3.46. The minimum atomic E-state index is -0.389. The molecule has 0 aliphatic heterocycles. The van der Waals surface area contributed by atoms with Crippen LogP contribution in [0.4, 0.5) is 16.0 Å². The Morgan fingerprint density at radius 1 is 1.00 bits per heavy atom. The Kier molecular flexibility index (Phi) is 8.20. The molecule has 184 valence electrons. The summed E-state index contributed by atoms with van der Waals surface area (Å²) in [6.07, 6.45) is 1.63. The molecular formula is C28H28FN5O2. The summed E-state index contributed by atoms with van der Waals surface area (Å²) < 4.78 is 19.9. The minimum Gasteiger partial charge on any atom is -0.488 e. The van der Waals surface area contributed by atoms with E-state index in [9.17, 15) is 9.18 Å². The van der Waals surface area contributed by atoms with Crippen LogP contribution < -0.4 is 15.4 Å². The van der Waals surface area contributed by atoms with Crippen LogP contribution in [0, 0.1) is 5.82 Å². The molecule has 3 aromatic carbocycles. The molecule has 0 atom stereocenters.